The first-order valence-electron chi connectivity index (χ1n) is 3.24. The normalized spacial score (nSPS) is 7.69. The van der Waals surface area contributed by atoms with Crippen LogP contribution in [0.2, 0.25) is 0 Å². The molecule has 1 aromatic carbocycles. The van der Waals surface area contributed by atoms with Crippen LogP contribution in [-0.4, -0.2) is 27.7 Å². The monoisotopic (exact) mass is 180 g/mol. The number of aromatic carboxylic acids is 1. The highest BCUT2D eigenvalue weighted by Gasteiger charge is 2.05. The van der Waals surface area contributed by atoms with Gasteiger partial charge in [-0.25, -0.2) is 4.79 Å². The number of carbonyl (C=O) groups is 1. The Morgan fingerprint density at radius 1 is 1.46 bits per heavy atom. The lowest BCUT2D eigenvalue weighted by atomic mass is 10.2. The molecule has 1 rings (SSSR count). The summed E-state index contributed by atoms with van der Waals surface area (Å²) >= 11 is 0. The van der Waals surface area contributed by atoms with E-state index in [1.54, 1.807) is 12.1 Å². The zero-order valence-electron chi connectivity index (χ0n) is 6.71. The van der Waals surface area contributed by atoms with Gasteiger partial charge < -0.3 is 15.7 Å². The highest BCUT2D eigenvalue weighted by molar-refractivity contribution is 5.90. The second-order valence-corrected chi connectivity index (χ2v) is 1.96. The Balaban J connectivity index is 0.000000424. The van der Waals surface area contributed by atoms with Gasteiger partial charge in [-0.15, -0.1) is 0 Å². The molecule has 0 aliphatic heterocycles. The second kappa shape index (κ2) is 5.51. The van der Waals surface area contributed by atoms with Crippen LogP contribution in [0.4, 0.5) is 0 Å². The summed E-state index contributed by atoms with van der Waals surface area (Å²) in [6.45, 7) is 2.67. The third-order valence-electron chi connectivity index (χ3n) is 1.13. The maximum absolute atomic E-state index is 10.3. The molecule has 5 nitrogen and oxygen atoms in total. The van der Waals surface area contributed by atoms with Crippen molar-refractivity contribution >= 4 is 12.7 Å². The number of aromatic hydroxyl groups is 1. The van der Waals surface area contributed by atoms with Crippen LogP contribution in [0.25, 0.3) is 5.53 Å². The smallest absolute Gasteiger partial charge is 0.339 e. The molecular formula is C8H8N2O3. The van der Waals surface area contributed by atoms with Crippen LogP contribution in [0.5, 0.6) is 5.75 Å². The minimum absolute atomic E-state index is 0.0671. The summed E-state index contributed by atoms with van der Waals surface area (Å²) in [5, 5.41) is 17.3. The lowest BCUT2D eigenvalue weighted by molar-refractivity contribution is 0.0110. The van der Waals surface area contributed by atoms with Crippen LogP contribution < -0.4 is 0 Å². The zero-order valence-corrected chi connectivity index (χ0v) is 6.71. The molecule has 0 atom stereocenters. The quantitative estimate of drug-likeness (QED) is 0.383. The van der Waals surface area contributed by atoms with Gasteiger partial charge in [0.2, 0.25) is 6.72 Å². The Morgan fingerprint density at radius 2 is 1.92 bits per heavy atom. The van der Waals surface area contributed by atoms with Crippen molar-refractivity contribution in [3.8, 4) is 5.75 Å². The van der Waals surface area contributed by atoms with E-state index >= 15 is 0 Å². The average Bonchev–Trinajstić information content (AvgIpc) is 2.06. The second-order valence-electron chi connectivity index (χ2n) is 1.96. The van der Waals surface area contributed by atoms with Crippen molar-refractivity contribution in [3.63, 3.8) is 0 Å². The van der Waals surface area contributed by atoms with Gasteiger partial charge in [-0.1, -0.05) is 12.1 Å². The van der Waals surface area contributed by atoms with Gasteiger partial charge in [0, 0.05) is 0 Å². The number of hydrogen-bond donors (Lipinski definition) is 2. The largest absolute Gasteiger partial charge is 0.507 e. The van der Waals surface area contributed by atoms with Gasteiger partial charge in [-0.3, -0.25) is 0 Å². The molecule has 68 valence electrons. The van der Waals surface area contributed by atoms with Crippen LogP contribution in [0.3, 0.4) is 0 Å². The van der Waals surface area contributed by atoms with Crippen molar-refractivity contribution < 1.29 is 19.8 Å². The van der Waals surface area contributed by atoms with Gasteiger partial charge in [0.15, 0.2) is 0 Å². The summed E-state index contributed by atoms with van der Waals surface area (Å²) in [5.41, 5.74) is 7.02. The molecule has 0 saturated heterocycles. The van der Waals surface area contributed by atoms with Gasteiger partial charge in [-0.2, -0.15) is 4.79 Å². The van der Waals surface area contributed by atoms with E-state index in [4.69, 9.17) is 15.7 Å². The Morgan fingerprint density at radius 3 is 2.23 bits per heavy atom. The summed E-state index contributed by atoms with van der Waals surface area (Å²) < 4.78 is 0. The minimum atomic E-state index is -1.11. The molecule has 0 heterocycles. The number of phenols is 1. The van der Waals surface area contributed by atoms with Crippen molar-refractivity contribution in [2.45, 2.75) is 0 Å². The van der Waals surface area contributed by atoms with E-state index < -0.39 is 5.97 Å². The van der Waals surface area contributed by atoms with Crippen LogP contribution in [0.15, 0.2) is 24.3 Å². The van der Waals surface area contributed by atoms with Gasteiger partial charge in [0.05, 0.1) is 0 Å². The Hall–Kier alpha value is -2.13. The number of carboxylic acids is 1. The minimum Gasteiger partial charge on any atom is -0.507 e. The fourth-order valence-corrected chi connectivity index (χ4v) is 0.654. The third kappa shape index (κ3) is 3.69. The molecule has 0 fully saturated rings. The van der Waals surface area contributed by atoms with Crippen molar-refractivity contribution in [1.82, 2.24) is 0 Å². The number of carboxylic acid groups (broad SMARTS) is 1. The molecule has 0 aromatic heterocycles. The number of para-hydroxylation sites is 1. The lowest BCUT2D eigenvalue weighted by Crippen LogP contribution is -1.95. The predicted octanol–water partition coefficient (Wildman–Crippen LogP) is 1.01. The molecule has 0 radical (unpaired) electrons. The molecule has 0 aliphatic rings. The molecule has 0 unspecified atom stereocenters. The number of hydrogen-bond acceptors (Lipinski definition) is 2. The molecule has 2 N–H and O–H groups in total. The van der Waals surface area contributed by atoms with Crippen LogP contribution in [-0.2, 0) is 0 Å². The van der Waals surface area contributed by atoms with E-state index in [2.05, 4.69) is 11.5 Å². The molecule has 0 aliphatic carbocycles. The Kier molecular flexibility index (Phi) is 4.61. The van der Waals surface area contributed by atoms with Gasteiger partial charge in [-0.05, 0) is 12.1 Å². The van der Waals surface area contributed by atoms with E-state index in [1.807, 2.05) is 0 Å². The maximum Gasteiger partial charge on any atom is 0.339 e. The molecule has 5 heteroatoms. The van der Waals surface area contributed by atoms with Crippen molar-refractivity contribution in [3.05, 3.63) is 35.4 Å². The highest BCUT2D eigenvalue weighted by Crippen LogP contribution is 2.14. The molecule has 13 heavy (non-hydrogen) atoms. The summed E-state index contributed by atoms with van der Waals surface area (Å²) in [6.07, 6.45) is 0. The molecule has 0 spiro atoms. The van der Waals surface area contributed by atoms with E-state index in [0.29, 0.717) is 0 Å². The first kappa shape index (κ1) is 10.9. The summed E-state index contributed by atoms with van der Waals surface area (Å²) in [4.78, 5) is 12.5. The number of nitrogens with zero attached hydrogens (tertiary/aromatic N) is 2. The van der Waals surface area contributed by atoms with E-state index in [9.17, 15) is 4.79 Å². The van der Waals surface area contributed by atoms with Gasteiger partial charge in [0.1, 0.15) is 11.3 Å². The third-order valence-corrected chi connectivity index (χ3v) is 1.13. The molecule has 0 bridgehead atoms. The summed E-state index contributed by atoms with van der Waals surface area (Å²) in [7, 11) is 0. The van der Waals surface area contributed by atoms with Crippen LogP contribution in [0.1, 0.15) is 10.4 Å². The Labute approximate surface area is 74.5 Å². The standard InChI is InChI=1S/C7H6O3.CH2N2/c8-6-4-2-1-3-5(6)7(9)10;1-3-2/h1-4,8H,(H,9,10);1H2. The highest BCUT2D eigenvalue weighted by atomic mass is 16.4. The predicted molar refractivity (Wildman–Crippen MR) is 45.8 cm³/mol. The lowest BCUT2D eigenvalue weighted by Gasteiger charge is -1.95. The zero-order chi connectivity index (χ0) is 10.3. The first-order chi connectivity index (χ1) is 6.13. The number of rotatable bonds is 1. The molecule has 0 saturated carbocycles. The van der Waals surface area contributed by atoms with Gasteiger partial charge >= 0.3 is 5.97 Å². The molecule has 0 amide bonds. The van der Waals surface area contributed by atoms with E-state index in [0.717, 1.165) is 0 Å². The van der Waals surface area contributed by atoms with Crippen molar-refractivity contribution in [2.24, 2.45) is 0 Å². The average molecular weight is 180 g/mol. The van der Waals surface area contributed by atoms with Crippen LogP contribution in [0, 0.1) is 0 Å². The summed E-state index contributed by atoms with van der Waals surface area (Å²) in [5.74, 6) is -1.31. The Bertz CT molecular complexity index is 330. The fraction of sp³-hybridized carbons (Fsp3) is 0. The van der Waals surface area contributed by atoms with Crippen LogP contribution >= 0.6 is 0 Å². The number of benzene rings is 1. The topological polar surface area (TPSA) is 93.9 Å². The maximum atomic E-state index is 10.3. The van der Waals surface area contributed by atoms with Crippen molar-refractivity contribution in [1.29, 1.82) is 0 Å². The molecule has 1 aromatic rings. The fourth-order valence-electron chi connectivity index (χ4n) is 0.654. The van der Waals surface area contributed by atoms with E-state index in [-0.39, 0.29) is 11.3 Å². The van der Waals surface area contributed by atoms with Crippen molar-refractivity contribution in [2.75, 3.05) is 0 Å². The SMILES string of the molecule is C=[N+]=[N-].O=C(O)c1ccccc1O. The summed E-state index contributed by atoms with van der Waals surface area (Å²) in [6, 6.07) is 5.81. The van der Waals surface area contributed by atoms with Gasteiger partial charge in [0.25, 0.3) is 0 Å². The first-order valence-corrected chi connectivity index (χ1v) is 3.24. The van der Waals surface area contributed by atoms with E-state index in [1.165, 1.54) is 12.1 Å². The molecular weight excluding hydrogens is 172 g/mol.